The predicted octanol–water partition coefficient (Wildman–Crippen LogP) is 4.20. The highest BCUT2D eigenvalue weighted by molar-refractivity contribution is 5.72. The van der Waals surface area contributed by atoms with Gasteiger partial charge in [0.15, 0.2) is 0 Å². The lowest BCUT2D eigenvalue weighted by atomic mass is 9.65. The monoisotopic (exact) mass is 420 g/mol. The van der Waals surface area contributed by atoms with Crippen molar-refractivity contribution in [3.8, 4) is 0 Å². The van der Waals surface area contributed by atoms with Gasteiger partial charge in [-0.1, -0.05) is 45.7 Å². The molecule has 5 nitrogen and oxygen atoms in total. The Bertz CT molecular complexity index is 1280. The van der Waals surface area contributed by atoms with Crippen LogP contribution in [0.15, 0.2) is 23.7 Å². The van der Waals surface area contributed by atoms with Crippen LogP contribution < -0.4 is 0 Å². The molecule has 0 aromatic heterocycles. The molecule has 0 aromatic rings. The molecule has 0 aromatic carbocycles. The number of ether oxygens (including phenoxy) is 2. The Balaban J connectivity index is 2.24. The van der Waals surface area contributed by atoms with E-state index >= 15 is 0 Å². The number of aliphatic hydroxyl groups excluding tert-OH is 1. The first-order chi connectivity index (χ1) is 20.0. The second kappa shape index (κ2) is 9.46. The lowest BCUT2D eigenvalue weighted by Crippen LogP contribution is -2.42. The number of carbonyl (C=O) groups is 2. The minimum Gasteiger partial charge on any atom is -0.462 e. The highest BCUT2D eigenvalue weighted by atomic mass is 16.5. The van der Waals surface area contributed by atoms with Crippen LogP contribution in [-0.4, -0.2) is 35.4 Å². The molecule has 0 spiro atoms. The van der Waals surface area contributed by atoms with Gasteiger partial charge in [-0.2, -0.15) is 0 Å². The summed E-state index contributed by atoms with van der Waals surface area (Å²) < 4.78 is 142. The van der Waals surface area contributed by atoms with Crippen molar-refractivity contribution >= 4 is 11.9 Å². The summed E-state index contributed by atoms with van der Waals surface area (Å²) in [5.41, 5.74) is -0.468. The van der Waals surface area contributed by atoms with E-state index in [9.17, 15) is 14.7 Å². The zero-order valence-corrected chi connectivity index (χ0v) is 16.3. The number of aliphatic hydroxyl groups is 1. The molecule has 1 saturated heterocycles. The number of hydrogen-bond acceptors (Lipinski definition) is 5. The highest BCUT2D eigenvalue weighted by Gasteiger charge is 2.42. The first-order valence-corrected chi connectivity index (χ1v) is 9.47. The zero-order chi connectivity index (χ0) is 35.1. The summed E-state index contributed by atoms with van der Waals surface area (Å²) >= 11 is 0. The van der Waals surface area contributed by atoms with E-state index in [1.807, 2.05) is 0 Å². The molecule has 0 radical (unpaired) electrons. The van der Waals surface area contributed by atoms with Gasteiger partial charge in [-0.3, -0.25) is 9.59 Å². The second-order valence-electron chi connectivity index (χ2n) is 7.48. The standard InChI is InChI=1S/C24H36O5/c1-5-15(3)24(27)29-21-11-14(2)10-17-7-6-16(4)20(23(17)21)9-8-19-12-18(25)13-22(26)28-19/h6-7,10,14-16,18-21,23,25H,5,8-9,11-13H2,1-4H3/t14-,15-,16-,18+,19?,20-,21?,23-/m0/s1/i1D3,3D3,5D2,6D,7D,10D,11D2,14D,15D,16D. The highest BCUT2D eigenvalue weighted by Crippen LogP contribution is 2.45. The number of rotatable bonds is 6. The van der Waals surface area contributed by atoms with Crippen molar-refractivity contribution in [2.75, 3.05) is 0 Å². The number of carbonyl (C=O) groups excluding carboxylic acids is 2. The molecule has 162 valence electrons. The average Bonchev–Trinajstić information content (AvgIpc) is 2.86. The minimum absolute atomic E-state index is 0.00564. The van der Waals surface area contributed by atoms with Crippen LogP contribution in [0.3, 0.4) is 0 Å². The maximum atomic E-state index is 13.6. The number of allylic oxidation sites excluding steroid dienone is 3. The Kier molecular flexibility index (Phi) is 3.02. The van der Waals surface area contributed by atoms with Gasteiger partial charge in [-0.15, -0.1) is 0 Å². The van der Waals surface area contributed by atoms with E-state index in [2.05, 4.69) is 0 Å². The van der Waals surface area contributed by atoms with E-state index in [4.69, 9.17) is 31.4 Å². The molecule has 3 aliphatic rings. The molecule has 0 amide bonds. The van der Waals surface area contributed by atoms with Crippen LogP contribution in [0.1, 0.15) is 87.9 Å². The molecule has 1 aliphatic heterocycles. The summed E-state index contributed by atoms with van der Waals surface area (Å²) in [6, 6.07) is -2.19. The van der Waals surface area contributed by atoms with Gasteiger partial charge in [0.25, 0.3) is 0 Å². The van der Waals surface area contributed by atoms with Crippen molar-refractivity contribution in [1.29, 1.82) is 0 Å². The topological polar surface area (TPSA) is 72.8 Å². The van der Waals surface area contributed by atoms with Crippen molar-refractivity contribution in [1.82, 2.24) is 0 Å². The first-order valence-electron chi connectivity index (χ1n) is 17.5. The van der Waals surface area contributed by atoms with E-state index in [0.717, 1.165) is 6.92 Å². The van der Waals surface area contributed by atoms with E-state index in [0.29, 0.717) is 0 Å². The van der Waals surface area contributed by atoms with Crippen LogP contribution in [0, 0.1) is 29.5 Å². The van der Waals surface area contributed by atoms with Crippen LogP contribution in [0.2, 0.25) is 0 Å². The van der Waals surface area contributed by atoms with Crippen molar-refractivity contribution < 1.29 is 46.1 Å². The van der Waals surface area contributed by atoms with Gasteiger partial charge in [0.2, 0.25) is 0 Å². The molecule has 3 rings (SSSR count). The van der Waals surface area contributed by atoms with Crippen molar-refractivity contribution in [3.63, 3.8) is 0 Å². The normalized spacial score (nSPS) is 56.2. The smallest absolute Gasteiger partial charge is 0.308 e. The summed E-state index contributed by atoms with van der Waals surface area (Å²) in [6.07, 6.45) is -12.1. The third-order valence-electron chi connectivity index (χ3n) is 5.32. The molecule has 1 heterocycles. The third kappa shape index (κ3) is 5.30. The maximum absolute atomic E-state index is 13.6. The Morgan fingerprint density at radius 3 is 3.14 bits per heavy atom. The van der Waals surface area contributed by atoms with E-state index in [1.165, 1.54) is 6.92 Å². The summed E-state index contributed by atoms with van der Waals surface area (Å²) in [7, 11) is 0. The third-order valence-corrected chi connectivity index (χ3v) is 5.32. The summed E-state index contributed by atoms with van der Waals surface area (Å²) in [5.74, 6) is -15.0. The lowest BCUT2D eigenvalue weighted by Gasteiger charge is -2.43. The Labute approximate surface area is 197 Å². The lowest BCUT2D eigenvalue weighted by molar-refractivity contribution is -0.162. The minimum atomic E-state index is -4.16. The summed E-state index contributed by atoms with van der Waals surface area (Å²) in [5, 5.41) is 10.0. The average molecular weight is 421 g/mol. The van der Waals surface area contributed by atoms with Gasteiger partial charge >= 0.3 is 11.9 Å². The van der Waals surface area contributed by atoms with Crippen molar-refractivity contribution in [3.05, 3.63) is 23.7 Å². The molecule has 5 heteroatoms. The number of hydrogen-bond donors (Lipinski definition) is 1. The molecule has 2 aliphatic carbocycles. The molecule has 8 atom stereocenters. The molecule has 0 saturated carbocycles. The van der Waals surface area contributed by atoms with Gasteiger partial charge in [0.1, 0.15) is 12.2 Å². The van der Waals surface area contributed by atoms with Gasteiger partial charge < -0.3 is 14.6 Å². The fourth-order valence-electron chi connectivity index (χ4n) is 3.96. The fraction of sp³-hybridized carbons (Fsp3) is 0.750. The van der Waals surface area contributed by atoms with Gasteiger partial charge in [-0.05, 0) is 48.9 Å². The van der Waals surface area contributed by atoms with Gasteiger partial charge in [-0.25, -0.2) is 0 Å². The second-order valence-corrected chi connectivity index (χ2v) is 7.48. The van der Waals surface area contributed by atoms with Crippen molar-refractivity contribution in [2.24, 2.45) is 29.5 Å². The van der Waals surface area contributed by atoms with Gasteiger partial charge in [0.05, 0.1) is 22.5 Å². The van der Waals surface area contributed by atoms with Crippen LogP contribution in [0.5, 0.6) is 0 Å². The maximum Gasteiger partial charge on any atom is 0.308 e. The Hall–Kier alpha value is -1.62. The molecule has 29 heavy (non-hydrogen) atoms. The van der Waals surface area contributed by atoms with Crippen LogP contribution >= 0.6 is 0 Å². The molecule has 1 fully saturated rings. The number of fused-ring (bicyclic) bond motifs is 1. The molecule has 0 bridgehead atoms. The molecular formula is C24H36O5. The zero-order valence-electron chi connectivity index (χ0n) is 32.3. The number of cyclic esters (lactones) is 1. The molecule has 1 N–H and O–H groups in total. The van der Waals surface area contributed by atoms with Crippen LogP contribution in [-0.2, 0) is 19.1 Å². The Morgan fingerprint density at radius 1 is 1.59 bits per heavy atom. The largest absolute Gasteiger partial charge is 0.462 e. The molecular weight excluding hydrogens is 368 g/mol. The SMILES string of the molecule is [2H]C1=C([2H])[C@]([2H])(C)[C@H](CCC2C[C@@H](O)CC(=O)O2)[C@@H]2C1=C([2H])[C@]([2H])(C)C([2H])([2H])C2OC(=O)[C@@]([2H])(C([2H])([2H])[2H])C([2H])([2H])C([2H])([2H])[2H]. The summed E-state index contributed by atoms with van der Waals surface area (Å²) in [6.45, 7) is -5.74. The fourth-order valence-corrected chi connectivity index (χ4v) is 3.96. The van der Waals surface area contributed by atoms with E-state index < -0.39 is 110 Å². The first kappa shape index (κ1) is 9.25. The van der Waals surface area contributed by atoms with E-state index in [1.54, 1.807) is 0 Å². The number of esters is 2. The summed E-state index contributed by atoms with van der Waals surface area (Å²) in [4.78, 5) is 25.5. The van der Waals surface area contributed by atoms with Crippen LogP contribution in [0.4, 0.5) is 0 Å². The predicted molar refractivity (Wildman–Crippen MR) is 111 cm³/mol. The Morgan fingerprint density at radius 2 is 2.41 bits per heavy atom. The van der Waals surface area contributed by atoms with E-state index in [-0.39, 0.29) is 25.7 Å². The van der Waals surface area contributed by atoms with Crippen LogP contribution in [0.25, 0.3) is 0 Å². The van der Waals surface area contributed by atoms with Crippen molar-refractivity contribution in [2.45, 2.75) is 84.3 Å². The molecule has 2 unspecified atom stereocenters. The van der Waals surface area contributed by atoms with Gasteiger partial charge in [0, 0.05) is 30.2 Å². The quantitative estimate of drug-likeness (QED) is 0.652.